The van der Waals surface area contributed by atoms with E-state index in [-0.39, 0.29) is 28.6 Å². The molecule has 7 heteroatoms. The molecule has 4 rings (SSSR count). The summed E-state index contributed by atoms with van der Waals surface area (Å²) in [6.45, 7) is 9.28. The molecule has 3 heterocycles. The molecule has 0 radical (unpaired) electrons. The number of amides is 3. The highest BCUT2D eigenvalue weighted by atomic mass is 19.1. The number of anilines is 1. The summed E-state index contributed by atoms with van der Waals surface area (Å²) in [6, 6.07) is 5.76. The van der Waals surface area contributed by atoms with Crippen molar-refractivity contribution in [3.63, 3.8) is 0 Å². The Balaban J connectivity index is 1.48. The summed E-state index contributed by atoms with van der Waals surface area (Å²) in [6.07, 6.45) is 2.57. The number of carbonyl (C=O) groups is 2. The van der Waals surface area contributed by atoms with Crippen LogP contribution in [0.15, 0.2) is 24.3 Å². The van der Waals surface area contributed by atoms with Crippen molar-refractivity contribution < 1.29 is 14.0 Å². The number of nitrogens with zero attached hydrogens (tertiary/aromatic N) is 3. The van der Waals surface area contributed by atoms with Crippen molar-refractivity contribution in [1.82, 2.24) is 14.7 Å². The maximum atomic E-state index is 13.4. The van der Waals surface area contributed by atoms with E-state index in [0.717, 1.165) is 45.4 Å². The van der Waals surface area contributed by atoms with Gasteiger partial charge in [0.15, 0.2) is 0 Å². The second-order valence-electron chi connectivity index (χ2n) is 9.83. The van der Waals surface area contributed by atoms with Gasteiger partial charge in [0.25, 0.3) is 0 Å². The maximum Gasteiger partial charge on any atom is 0.321 e. The van der Waals surface area contributed by atoms with Crippen LogP contribution in [-0.2, 0) is 4.79 Å². The lowest BCUT2D eigenvalue weighted by molar-refractivity contribution is -0.141. The number of fused-ring (bicyclic) bond motifs is 1. The fraction of sp³-hybridized carbons (Fsp3) is 0.652. The van der Waals surface area contributed by atoms with Gasteiger partial charge in [-0.1, -0.05) is 19.9 Å². The highest BCUT2D eigenvalue weighted by Crippen LogP contribution is 2.57. The smallest absolute Gasteiger partial charge is 0.321 e. The minimum Gasteiger partial charge on any atom is -0.345 e. The van der Waals surface area contributed by atoms with Gasteiger partial charge in [0.1, 0.15) is 5.82 Å². The number of hydrogen-bond acceptors (Lipinski definition) is 3. The fourth-order valence-electron chi connectivity index (χ4n) is 5.94. The quantitative estimate of drug-likeness (QED) is 0.823. The molecule has 1 aromatic carbocycles. The van der Waals surface area contributed by atoms with Crippen molar-refractivity contribution in [2.24, 2.45) is 16.7 Å². The van der Waals surface area contributed by atoms with E-state index in [1.54, 1.807) is 17.0 Å². The third-order valence-electron chi connectivity index (χ3n) is 7.37. The van der Waals surface area contributed by atoms with Crippen LogP contribution in [0.2, 0.25) is 0 Å². The monoisotopic (exact) mass is 416 g/mol. The highest BCUT2D eigenvalue weighted by molar-refractivity contribution is 5.89. The van der Waals surface area contributed by atoms with Crippen molar-refractivity contribution in [2.45, 2.75) is 33.1 Å². The molecule has 164 valence electrons. The van der Waals surface area contributed by atoms with Gasteiger partial charge in [-0.25, -0.2) is 9.18 Å². The third kappa shape index (κ3) is 3.57. The number of urea groups is 1. The molecule has 0 bridgehead atoms. The number of piperidine rings is 1. The standard InChI is InChI=1S/C23H33FN4O2/c1-17(2)14-27-15-22(23(16-27)9-10-26(3)20(23)29)7-11-28(12-8-22)21(30)25-19-6-4-5-18(24)13-19/h4-6,13,17H,7-12,14-16H2,1-3H3,(H,25,30). The maximum absolute atomic E-state index is 13.4. The van der Waals surface area contributed by atoms with E-state index in [0.29, 0.717) is 24.7 Å². The molecule has 0 aromatic heterocycles. The Bertz CT molecular complexity index is 821. The number of benzene rings is 1. The van der Waals surface area contributed by atoms with Crippen LogP contribution in [0.4, 0.5) is 14.9 Å². The largest absolute Gasteiger partial charge is 0.345 e. The van der Waals surface area contributed by atoms with Gasteiger partial charge < -0.3 is 20.0 Å². The van der Waals surface area contributed by atoms with Crippen LogP contribution in [0.5, 0.6) is 0 Å². The Morgan fingerprint density at radius 3 is 2.50 bits per heavy atom. The molecule has 3 aliphatic rings. The van der Waals surface area contributed by atoms with Crippen molar-refractivity contribution in [3.8, 4) is 0 Å². The first-order valence-electron chi connectivity index (χ1n) is 11.0. The number of halogens is 1. The number of likely N-dealkylation sites (tertiary alicyclic amines) is 3. The average molecular weight is 417 g/mol. The molecule has 1 aromatic rings. The Morgan fingerprint density at radius 2 is 1.90 bits per heavy atom. The molecule has 0 saturated carbocycles. The number of hydrogen-bond donors (Lipinski definition) is 1. The summed E-state index contributed by atoms with van der Waals surface area (Å²) in [5.41, 5.74) is 0.0783. The van der Waals surface area contributed by atoms with E-state index >= 15 is 0 Å². The molecule has 0 aliphatic carbocycles. The van der Waals surface area contributed by atoms with Gasteiger partial charge in [-0.15, -0.1) is 0 Å². The fourth-order valence-corrected chi connectivity index (χ4v) is 5.94. The Labute approximate surface area is 178 Å². The molecule has 3 aliphatic heterocycles. The summed E-state index contributed by atoms with van der Waals surface area (Å²) in [4.78, 5) is 32.2. The van der Waals surface area contributed by atoms with Gasteiger partial charge in [0, 0.05) is 57.4 Å². The van der Waals surface area contributed by atoms with Crippen LogP contribution in [0.1, 0.15) is 33.1 Å². The molecule has 3 fully saturated rings. The van der Waals surface area contributed by atoms with Crippen molar-refractivity contribution in [2.75, 3.05) is 51.6 Å². The topological polar surface area (TPSA) is 55.9 Å². The van der Waals surface area contributed by atoms with Gasteiger partial charge in [-0.05, 0) is 43.4 Å². The molecular formula is C23H33FN4O2. The van der Waals surface area contributed by atoms with E-state index in [4.69, 9.17) is 0 Å². The number of rotatable bonds is 3. The second-order valence-corrected chi connectivity index (χ2v) is 9.83. The normalized spacial score (nSPS) is 26.4. The Morgan fingerprint density at radius 1 is 1.17 bits per heavy atom. The number of nitrogens with one attached hydrogen (secondary N) is 1. The van der Waals surface area contributed by atoms with Gasteiger partial charge in [-0.3, -0.25) is 4.79 Å². The molecule has 30 heavy (non-hydrogen) atoms. The van der Waals surface area contributed by atoms with Gasteiger partial charge in [-0.2, -0.15) is 0 Å². The van der Waals surface area contributed by atoms with Gasteiger partial charge in [0.05, 0.1) is 5.41 Å². The average Bonchev–Trinajstić information content (AvgIpc) is 3.14. The first-order chi connectivity index (χ1) is 14.2. The zero-order valence-corrected chi connectivity index (χ0v) is 18.3. The zero-order chi connectivity index (χ0) is 21.5. The first kappa shape index (κ1) is 21.1. The van der Waals surface area contributed by atoms with Crippen LogP contribution >= 0.6 is 0 Å². The Hall–Kier alpha value is -2.15. The van der Waals surface area contributed by atoms with Crippen molar-refractivity contribution in [3.05, 3.63) is 30.1 Å². The van der Waals surface area contributed by atoms with Crippen molar-refractivity contribution >= 4 is 17.6 Å². The van der Waals surface area contributed by atoms with Crippen LogP contribution in [0, 0.1) is 22.6 Å². The second kappa shape index (κ2) is 7.84. The van der Waals surface area contributed by atoms with E-state index in [2.05, 4.69) is 24.1 Å². The number of carbonyl (C=O) groups excluding carboxylic acids is 2. The van der Waals surface area contributed by atoms with Crippen LogP contribution in [-0.4, -0.2) is 73.0 Å². The van der Waals surface area contributed by atoms with Crippen LogP contribution < -0.4 is 5.32 Å². The molecule has 6 nitrogen and oxygen atoms in total. The molecule has 1 unspecified atom stereocenters. The van der Waals surface area contributed by atoms with Crippen LogP contribution in [0.3, 0.4) is 0 Å². The lowest BCUT2D eigenvalue weighted by Crippen LogP contribution is -2.54. The highest BCUT2D eigenvalue weighted by Gasteiger charge is 2.64. The zero-order valence-electron chi connectivity index (χ0n) is 18.3. The summed E-state index contributed by atoms with van der Waals surface area (Å²) < 4.78 is 13.4. The molecular weight excluding hydrogens is 383 g/mol. The van der Waals surface area contributed by atoms with Crippen LogP contribution in [0.25, 0.3) is 0 Å². The third-order valence-corrected chi connectivity index (χ3v) is 7.37. The lowest BCUT2D eigenvalue weighted by atomic mass is 9.60. The molecule has 1 N–H and O–H groups in total. The lowest BCUT2D eigenvalue weighted by Gasteiger charge is -2.46. The summed E-state index contributed by atoms with van der Waals surface area (Å²) in [7, 11) is 1.91. The van der Waals surface area contributed by atoms with Gasteiger partial charge >= 0.3 is 6.03 Å². The minimum absolute atomic E-state index is 0.0701. The predicted octanol–water partition coefficient (Wildman–Crippen LogP) is 3.26. The molecule has 3 saturated heterocycles. The summed E-state index contributed by atoms with van der Waals surface area (Å²) in [5, 5.41) is 2.80. The van der Waals surface area contributed by atoms with E-state index in [1.807, 2.05) is 11.9 Å². The molecule has 3 amide bonds. The molecule has 2 spiro atoms. The van der Waals surface area contributed by atoms with E-state index in [9.17, 15) is 14.0 Å². The van der Waals surface area contributed by atoms with E-state index in [1.165, 1.54) is 12.1 Å². The SMILES string of the molecule is CC(C)CN1CC2(CCN(C(=O)Nc3cccc(F)c3)CC2)C2(CCN(C)C2=O)C1. The van der Waals surface area contributed by atoms with E-state index < -0.39 is 0 Å². The minimum atomic E-state index is -0.368. The first-order valence-corrected chi connectivity index (χ1v) is 11.0. The molecule has 1 atom stereocenters. The van der Waals surface area contributed by atoms with Crippen molar-refractivity contribution in [1.29, 1.82) is 0 Å². The predicted molar refractivity (Wildman–Crippen MR) is 115 cm³/mol. The summed E-state index contributed by atoms with van der Waals surface area (Å²) >= 11 is 0. The summed E-state index contributed by atoms with van der Waals surface area (Å²) in [5.74, 6) is 0.474. The Kier molecular flexibility index (Phi) is 5.51. The van der Waals surface area contributed by atoms with Gasteiger partial charge in [0.2, 0.25) is 5.91 Å².